The fraction of sp³-hybridized carbons (Fsp3) is 0.448. The summed E-state index contributed by atoms with van der Waals surface area (Å²) in [4.78, 5) is 37.1. The van der Waals surface area contributed by atoms with Crippen LogP contribution in [0.3, 0.4) is 0 Å². The minimum Gasteiger partial charge on any atom is -0.610 e. The Labute approximate surface area is 234 Å². The summed E-state index contributed by atoms with van der Waals surface area (Å²) in [6, 6.07) is 3.71. The average Bonchev–Trinajstić information content (AvgIpc) is 3.76. The predicted molar refractivity (Wildman–Crippen MR) is 158 cm³/mol. The van der Waals surface area contributed by atoms with Gasteiger partial charge in [0.2, 0.25) is 5.03 Å². The zero-order valence-corrected chi connectivity index (χ0v) is 24.8. The maximum absolute atomic E-state index is 12.1. The smallest absolute Gasteiger partial charge is 0.244 e. The number of pyridine rings is 1. The number of likely N-dealkylation sites (N-methyl/N-ethyl adjacent to an activating group) is 1. The van der Waals surface area contributed by atoms with Crippen LogP contribution in [0.1, 0.15) is 75.4 Å². The van der Waals surface area contributed by atoms with Gasteiger partial charge in [-0.1, -0.05) is 13.5 Å². The molecule has 2 aromatic rings. The van der Waals surface area contributed by atoms with Crippen molar-refractivity contribution >= 4 is 34.8 Å². The number of aliphatic imine (C=N–C) groups is 2. The Morgan fingerprint density at radius 2 is 2.00 bits per heavy atom. The molecular weight excluding hydrogens is 510 g/mol. The zero-order valence-electron chi connectivity index (χ0n) is 24.0. The third-order valence-corrected chi connectivity index (χ3v) is 7.57. The molecule has 0 bridgehead atoms. The van der Waals surface area contributed by atoms with Crippen LogP contribution >= 0.6 is 0 Å². The van der Waals surface area contributed by atoms with Crippen molar-refractivity contribution in [3.63, 3.8) is 0 Å². The molecule has 1 aliphatic carbocycles. The highest BCUT2D eigenvalue weighted by atomic mass is 32.2. The first-order valence-corrected chi connectivity index (χ1v) is 14.7. The van der Waals surface area contributed by atoms with Gasteiger partial charge in [0.1, 0.15) is 18.3 Å². The number of allylic oxidation sites excluding steroid dienone is 1. The molecule has 1 saturated carbocycles. The summed E-state index contributed by atoms with van der Waals surface area (Å²) in [6.45, 7) is 14.7. The molecule has 208 valence electrons. The molecule has 0 aliphatic heterocycles. The molecule has 0 spiro atoms. The Kier molecular flexibility index (Phi) is 10.5. The van der Waals surface area contributed by atoms with Gasteiger partial charge in [-0.2, -0.15) is 0 Å². The number of rotatable bonds is 11. The SMILES string of the molecule is C=C(/N=C(\C(/N=C(\C=O)NCc1ccc([S+](C)[O-])nc1)=C(C)C)N(C)[C@@H](C)CC)c1c(C)ncnc1C1CC1. The maximum Gasteiger partial charge on any atom is 0.244 e. The van der Waals surface area contributed by atoms with Crippen molar-refractivity contribution in [2.75, 3.05) is 13.3 Å². The first-order chi connectivity index (χ1) is 18.6. The Balaban J connectivity index is 1.99. The summed E-state index contributed by atoms with van der Waals surface area (Å²) >= 11 is -1.15. The van der Waals surface area contributed by atoms with Crippen LogP contribution in [0.4, 0.5) is 0 Å². The minimum atomic E-state index is -1.15. The highest BCUT2D eigenvalue weighted by molar-refractivity contribution is 7.90. The van der Waals surface area contributed by atoms with E-state index in [4.69, 9.17) is 9.98 Å². The zero-order chi connectivity index (χ0) is 28.7. The molecule has 1 unspecified atom stereocenters. The quantitative estimate of drug-likeness (QED) is 0.189. The van der Waals surface area contributed by atoms with Crippen LogP contribution in [0.15, 0.2) is 57.5 Å². The molecule has 0 saturated heterocycles. The Morgan fingerprint density at radius 3 is 2.54 bits per heavy atom. The summed E-state index contributed by atoms with van der Waals surface area (Å²) in [6.07, 6.45) is 8.63. The van der Waals surface area contributed by atoms with Gasteiger partial charge in [0, 0.05) is 54.6 Å². The normalized spacial score (nSPS) is 15.4. The van der Waals surface area contributed by atoms with E-state index < -0.39 is 11.2 Å². The summed E-state index contributed by atoms with van der Waals surface area (Å²) in [5, 5.41) is 3.61. The molecule has 10 heteroatoms. The van der Waals surface area contributed by atoms with Crippen molar-refractivity contribution in [3.05, 3.63) is 65.0 Å². The predicted octanol–water partition coefficient (Wildman–Crippen LogP) is 4.58. The van der Waals surface area contributed by atoms with E-state index in [1.807, 2.05) is 33.9 Å². The van der Waals surface area contributed by atoms with E-state index in [9.17, 15) is 9.35 Å². The lowest BCUT2D eigenvalue weighted by molar-refractivity contribution is -0.102. The van der Waals surface area contributed by atoms with Crippen molar-refractivity contribution in [2.45, 2.75) is 77.4 Å². The molecule has 2 heterocycles. The lowest BCUT2D eigenvalue weighted by Gasteiger charge is -2.29. The summed E-state index contributed by atoms with van der Waals surface area (Å²) < 4.78 is 11.6. The second-order valence-electron chi connectivity index (χ2n) is 10.0. The largest absolute Gasteiger partial charge is 0.610 e. The molecule has 1 fully saturated rings. The van der Waals surface area contributed by atoms with Crippen LogP contribution in [-0.4, -0.2) is 61.7 Å². The van der Waals surface area contributed by atoms with Gasteiger partial charge in [-0.05, 0) is 64.2 Å². The highest BCUT2D eigenvalue weighted by Gasteiger charge is 2.30. The second kappa shape index (κ2) is 13.6. The number of nitrogens with zero attached hydrogens (tertiary/aromatic N) is 6. The highest BCUT2D eigenvalue weighted by Crippen LogP contribution is 2.42. The Bertz CT molecular complexity index is 1280. The van der Waals surface area contributed by atoms with Gasteiger partial charge in [0.05, 0.1) is 17.1 Å². The first-order valence-electron chi connectivity index (χ1n) is 13.1. The Morgan fingerprint density at radius 1 is 1.28 bits per heavy atom. The summed E-state index contributed by atoms with van der Waals surface area (Å²) in [7, 11) is 1.98. The fourth-order valence-electron chi connectivity index (χ4n) is 3.97. The van der Waals surface area contributed by atoms with Crippen LogP contribution in [0, 0.1) is 6.92 Å². The maximum atomic E-state index is 12.1. The monoisotopic (exact) mass is 549 g/mol. The molecule has 9 nitrogen and oxygen atoms in total. The number of aldehydes is 1. The van der Waals surface area contributed by atoms with Crippen LogP contribution in [-0.2, 0) is 22.5 Å². The van der Waals surface area contributed by atoms with Crippen molar-refractivity contribution in [3.8, 4) is 0 Å². The molecule has 3 rings (SSSR count). The standard InChI is InChI=1S/C29H39N7O2S/c1-9-19(4)36(7)29(34-21(6)26-20(5)32-17-33-28(26)23-11-12-23)27(18(2)3)35-24(16-37)30-14-22-10-13-25(31-15-22)39(8)38/h10,13,15-17,19,23H,6,9,11-12,14H2,1-5,7-8H3,(H,30,35)/b34-29+/t19-,39?/m0/s1. The van der Waals surface area contributed by atoms with Crippen LogP contribution in [0.2, 0.25) is 0 Å². The van der Waals surface area contributed by atoms with Crippen molar-refractivity contribution in [1.82, 2.24) is 25.2 Å². The second-order valence-corrected chi connectivity index (χ2v) is 11.3. The number of hydrogen-bond donors (Lipinski definition) is 1. The number of aromatic nitrogens is 3. The molecule has 0 aromatic carbocycles. The van der Waals surface area contributed by atoms with Crippen LogP contribution < -0.4 is 5.32 Å². The van der Waals surface area contributed by atoms with Gasteiger partial charge < -0.3 is 14.8 Å². The molecule has 0 radical (unpaired) electrons. The molecule has 1 aliphatic rings. The van der Waals surface area contributed by atoms with Gasteiger partial charge in [-0.25, -0.2) is 24.9 Å². The van der Waals surface area contributed by atoms with E-state index in [1.54, 1.807) is 24.8 Å². The average molecular weight is 550 g/mol. The van der Waals surface area contributed by atoms with Crippen molar-refractivity contribution in [1.29, 1.82) is 0 Å². The number of nitrogens with one attached hydrogen (secondary N) is 1. The van der Waals surface area contributed by atoms with Crippen molar-refractivity contribution < 1.29 is 9.35 Å². The molecule has 2 atom stereocenters. The third kappa shape index (κ3) is 7.83. The van der Waals surface area contributed by atoms with Crippen LogP contribution in [0.25, 0.3) is 5.70 Å². The van der Waals surface area contributed by atoms with Crippen molar-refractivity contribution in [2.24, 2.45) is 9.98 Å². The molecule has 0 amide bonds. The van der Waals surface area contributed by atoms with Gasteiger partial charge >= 0.3 is 0 Å². The Hall–Kier alpha value is -3.37. The van der Waals surface area contributed by atoms with Gasteiger partial charge in [-0.15, -0.1) is 0 Å². The van der Waals surface area contributed by atoms with E-state index in [1.165, 1.54) is 0 Å². The number of amidine groups is 2. The number of aryl methyl sites for hydroxylation is 1. The van der Waals surface area contributed by atoms with Gasteiger partial charge in [0.15, 0.2) is 18.0 Å². The van der Waals surface area contributed by atoms with E-state index in [0.29, 0.717) is 41.0 Å². The van der Waals surface area contributed by atoms with Crippen LogP contribution in [0.5, 0.6) is 0 Å². The fourth-order valence-corrected chi connectivity index (χ4v) is 4.43. The number of hydrogen-bond acceptors (Lipinski definition) is 7. The molecule has 2 aromatic heterocycles. The lowest BCUT2D eigenvalue weighted by atomic mass is 10.1. The summed E-state index contributed by atoms with van der Waals surface area (Å²) in [5.74, 6) is 1.21. The third-order valence-electron chi connectivity index (χ3n) is 6.74. The van der Waals surface area contributed by atoms with Gasteiger partial charge in [0.25, 0.3) is 0 Å². The number of carbonyl (C=O) groups is 1. The molecule has 1 N–H and O–H groups in total. The van der Waals surface area contributed by atoms with Gasteiger partial charge in [-0.3, -0.25) is 4.79 Å². The van der Waals surface area contributed by atoms with E-state index in [0.717, 1.165) is 47.4 Å². The minimum absolute atomic E-state index is 0.165. The molecular formula is C29H39N7O2S. The van der Waals surface area contributed by atoms with E-state index in [-0.39, 0.29) is 11.9 Å². The van der Waals surface area contributed by atoms with E-state index in [2.05, 4.69) is 45.6 Å². The topological polar surface area (TPSA) is 119 Å². The van der Waals surface area contributed by atoms with E-state index >= 15 is 0 Å². The number of carbonyl (C=O) groups excluding carboxylic acids is 1. The summed E-state index contributed by atoms with van der Waals surface area (Å²) in [5.41, 5.74) is 5.62. The first kappa shape index (κ1) is 30.2. The molecule has 39 heavy (non-hydrogen) atoms. The lowest BCUT2D eigenvalue weighted by Crippen LogP contribution is -2.36.